The van der Waals surface area contributed by atoms with E-state index in [2.05, 4.69) is 11.1 Å². The molecule has 0 saturated carbocycles. The molecule has 0 aliphatic rings. The van der Waals surface area contributed by atoms with Crippen LogP contribution in [-0.4, -0.2) is 16.7 Å². The van der Waals surface area contributed by atoms with E-state index in [1.54, 1.807) is 13.4 Å². The van der Waals surface area contributed by atoms with Gasteiger partial charge in [-0.1, -0.05) is 30.3 Å². The van der Waals surface area contributed by atoms with Crippen molar-refractivity contribution in [1.29, 1.82) is 5.26 Å². The number of nitriles is 1. The quantitative estimate of drug-likeness (QED) is 0.689. The largest absolute Gasteiger partial charge is 0.496 e. The second-order valence-electron chi connectivity index (χ2n) is 4.88. The van der Waals surface area contributed by atoms with Gasteiger partial charge >= 0.3 is 0 Å². The number of aromatic nitrogens is 2. The van der Waals surface area contributed by atoms with Crippen LogP contribution in [-0.2, 0) is 6.54 Å². The lowest BCUT2D eigenvalue weighted by molar-refractivity contribution is 0.414. The minimum absolute atomic E-state index is 0.481. The molecule has 0 saturated heterocycles. The van der Waals surface area contributed by atoms with Gasteiger partial charge < -0.3 is 9.30 Å². The Morgan fingerprint density at radius 2 is 2.00 bits per heavy atom. The first-order chi connectivity index (χ1) is 10.8. The number of imidazole rings is 1. The second kappa shape index (κ2) is 6.15. The Hall–Kier alpha value is -3.06. The van der Waals surface area contributed by atoms with Crippen LogP contribution in [0.4, 0.5) is 0 Å². The van der Waals surface area contributed by atoms with Crippen LogP contribution in [0.25, 0.3) is 17.1 Å². The summed E-state index contributed by atoms with van der Waals surface area (Å²) < 4.78 is 7.30. The summed E-state index contributed by atoms with van der Waals surface area (Å²) in [5, 5.41) is 9.43. The fraction of sp³-hybridized carbons (Fsp3) is 0.111. The third-order valence-corrected chi connectivity index (χ3v) is 3.48. The molecule has 0 radical (unpaired) electrons. The Bertz CT molecular complexity index is 871. The van der Waals surface area contributed by atoms with Crippen molar-refractivity contribution >= 4 is 17.1 Å². The number of methoxy groups -OCH3 is 1. The van der Waals surface area contributed by atoms with Gasteiger partial charge in [0.25, 0.3) is 0 Å². The molecule has 4 nitrogen and oxygen atoms in total. The van der Waals surface area contributed by atoms with Crippen LogP contribution < -0.4 is 4.74 Å². The smallest absolute Gasteiger partial charge is 0.126 e. The number of rotatable bonds is 4. The molecule has 0 aliphatic carbocycles. The molecule has 1 heterocycles. The minimum Gasteiger partial charge on any atom is -0.496 e. The maximum atomic E-state index is 9.43. The van der Waals surface area contributed by atoms with Gasteiger partial charge in [0.15, 0.2) is 0 Å². The molecule has 0 amide bonds. The van der Waals surface area contributed by atoms with Crippen molar-refractivity contribution in [2.24, 2.45) is 0 Å². The number of allylic oxidation sites excluding steroid dienone is 1. The third-order valence-electron chi connectivity index (χ3n) is 3.48. The van der Waals surface area contributed by atoms with Crippen molar-refractivity contribution in [3.63, 3.8) is 0 Å². The number of fused-ring (bicyclic) bond motifs is 1. The first kappa shape index (κ1) is 13.9. The molecule has 0 unspecified atom stereocenters. The molecule has 3 aromatic rings. The van der Waals surface area contributed by atoms with Gasteiger partial charge in [-0.25, -0.2) is 4.98 Å². The summed E-state index contributed by atoms with van der Waals surface area (Å²) in [6, 6.07) is 17.8. The summed E-state index contributed by atoms with van der Waals surface area (Å²) in [6.07, 6.45) is 3.62. The van der Waals surface area contributed by atoms with Crippen molar-refractivity contribution in [2.45, 2.75) is 6.54 Å². The van der Waals surface area contributed by atoms with Crippen LogP contribution in [0.3, 0.4) is 0 Å². The zero-order valence-corrected chi connectivity index (χ0v) is 12.2. The maximum absolute atomic E-state index is 9.43. The summed E-state index contributed by atoms with van der Waals surface area (Å²) >= 11 is 0. The topological polar surface area (TPSA) is 50.8 Å². The molecule has 0 N–H and O–H groups in total. The predicted molar refractivity (Wildman–Crippen MR) is 86.3 cm³/mol. The van der Waals surface area contributed by atoms with Gasteiger partial charge in [0.05, 0.1) is 42.7 Å². The molecule has 0 fully saturated rings. The lowest BCUT2D eigenvalue weighted by atomic mass is 10.1. The van der Waals surface area contributed by atoms with Crippen LogP contribution in [0.1, 0.15) is 5.56 Å². The van der Waals surface area contributed by atoms with Crippen LogP contribution in [0.15, 0.2) is 60.4 Å². The monoisotopic (exact) mass is 289 g/mol. The highest BCUT2D eigenvalue weighted by atomic mass is 16.5. The van der Waals surface area contributed by atoms with Gasteiger partial charge in [-0.2, -0.15) is 5.26 Å². The Morgan fingerprint density at radius 3 is 2.82 bits per heavy atom. The fourth-order valence-electron chi connectivity index (χ4n) is 2.41. The Kier molecular flexibility index (Phi) is 3.88. The van der Waals surface area contributed by atoms with Gasteiger partial charge in [-0.05, 0) is 24.3 Å². The van der Waals surface area contributed by atoms with Crippen molar-refractivity contribution in [1.82, 2.24) is 9.55 Å². The SMILES string of the molecule is COc1ccccc1/C=C(/C#N)Cn1cnc2ccccc21. The van der Waals surface area contributed by atoms with E-state index in [9.17, 15) is 5.26 Å². The molecule has 3 rings (SSSR count). The molecule has 22 heavy (non-hydrogen) atoms. The summed E-state index contributed by atoms with van der Waals surface area (Å²) in [5.74, 6) is 0.755. The summed E-state index contributed by atoms with van der Waals surface area (Å²) in [4.78, 5) is 4.35. The van der Waals surface area contributed by atoms with E-state index in [-0.39, 0.29) is 0 Å². The molecule has 0 bridgehead atoms. The van der Waals surface area contributed by atoms with Crippen molar-refractivity contribution in [2.75, 3.05) is 7.11 Å². The van der Waals surface area contributed by atoms with Crippen LogP contribution in [0, 0.1) is 11.3 Å². The molecular weight excluding hydrogens is 274 g/mol. The second-order valence-corrected chi connectivity index (χ2v) is 4.88. The predicted octanol–water partition coefficient (Wildman–Crippen LogP) is 3.65. The molecule has 0 aliphatic heterocycles. The van der Waals surface area contributed by atoms with Gasteiger partial charge in [-0.3, -0.25) is 0 Å². The molecule has 0 spiro atoms. The lowest BCUT2D eigenvalue weighted by Crippen LogP contribution is -1.98. The number of para-hydroxylation sites is 3. The van der Waals surface area contributed by atoms with Crippen molar-refractivity contribution < 1.29 is 4.74 Å². The van der Waals surface area contributed by atoms with Crippen molar-refractivity contribution in [3.05, 3.63) is 66.0 Å². The summed E-state index contributed by atoms with van der Waals surface area (Å²) in [5.41, 5.74) is 3.49. The van der Waals surface area contributed by atoms with Crippen LogP contribution >= 0.6 is 0 Å². The number of hydrogen-bond acceptors (Lipinski definition) is 3. The zero-order valence-electron chi connectivity index (χ0n) is 12.2. The zero-order chi connectivity index (χ0) is 15.4. The highest BCUT2D eigenvalue weighted by Gasteiger charge is 2.06. The van der Waals surface area contributed by atoms with Crippen LogP contribution in [0.5, 0.6) is 5.75 Å². The van der Waals surface area contributed by atoms with Crippen LogP contribution in [0.2, 0.25) is 0 Å². The number of hydrogen-bond donors (Lipinski definition) is 0. The van der Waals surface area contributed by atoms with E-state index >= 15 is 0 Å². The first-order valence-corrected chi connectivity index (χ1v) is 6.95. The Morgan fingerprint density at radius 1 is 1.23 bits per heavy atom. The molecule has 1 aromatic heterocycles. The normalized spacial score (nSPS) is 11.4. The maximum Gasteiger partial charge on any atom is 0.126 e. The first-order valence-electron chi connectivity index (χ1n) is 6.95. The number of ether oxygens (including phenoxy) is 1. The molecular formula is C18H15N3O. The minimum atomic E-state index is 0.481. The Labute approximate surface area is 128 Å². The Balaban J connectivity index is 1.95. The van der Waals surface area contributed by atoms with Gasteiger partial charge in [0.2, 0.25) is 0 Å². The fourth-order valence-corrected chi connectivity index (χ4v) is 2.41. The number of nitrogens with zero attached hydrogens (tertiary/aromatic N) is 3. The van der Waals surface area contributed by atoms with Gasteiger partial charge in [-0.15, -0.1) is 0 Å². The van der Waals surface area contributed by atoms with Crippen molar-refractivity contribution in [3.8, 4) is 11.8 Å². The molecule has 0 atom stereocenters. The average Bonchev–Trinajstić information content (AvgIpc) is 2.98. The van der Waals surface area contributed by atoms with Gasteiger partial charge in [0, 0.05) is 5.56 Å². The van der Waals surface area contributed by atoms with E-state index < -0.39 is 0 Å². The average molecular weight is 289 g/mol. The lowest BCUT2D eigenvalue weighted by Gasteiger charge is -2.06. The highest BCUT2D eigenvalue weighted by molar-refractivity contribution is 5.75. The molecule has 108 valence electrons. The van der Waals surface area contributed by atoms with E-state index in [4.69, 9.17) is 4.74 Å². The van der Waals surface area contributed by atoms with E-state index in [0.717, 1.165) is 22.3 Å². The summed E-state index contributed by atoms with van der Waals surface area (Å²) in [6.45, 7) is 0.481. The van der Waals surface area contributed by atoms with Gasteiger partial charge in [0.1, 0.15) is 5.75 Å². The molecule has 4 heteroatoms. The van der Waals surface area contributed by atoms with E-state index in [1.165, 1.54) is 0 Å². The number of benzene rings is 2. The molecule has 2 aromatic carbocycles. The van der Waals surface area contributed by atoms with E-state index in [1.807, 2.05) is 59.2 Å². The summed E-state index contributed by atoms with van der Waals surface area (Å²) in [7, 11) is 1.63. The van der Waals surface area contributed by atoms with E-state index in [0.29, 0.717) is 12.1 Å². The highest BCUT2D eigenvalue weighted by Crippen LogP contribution is 2.21. The standard InChI is InChI=1S/C18H15N3O/c1-22-18-9-5-2-6-15(18)10-14(11-19)12-21-13-20-16-7-3-4-8-17(16)21/h2-10,13H,12H2,1H3/b14-10-. The third kappa shape index (κ3) is 2.70.